The van der Waals surface area contributed by atoms with E-state index in [4.69, 9.17) is 10.4 Å². The van der Waals surface area contributed by atoms with Crippen molar-refractivity contribution >= 4 is 10.0 Å². The number of nitrogens with zero attached hydrogens (tertiary/aromatic N) is 1. The highest BCUT2D eigenvalue weighted by Crippen LogP contribution is 2.24. The first-order chi connectivity index (χ1) is 9.61. The van der Waals surface area contributed by atoms with Gasteiger partial charge in [-0.25, -0.2) is 17.5 Å². The Bertz CT molecular complexity index is 645. The summed E-state index contributed by atoms with van der Waals surface area (Å²) in [5, 5.41) is 17.8. The van der Waals surface area contributed by atoms with Gasteiger partial charge in [0, 0.05) is 12.6 Å². The van der Waals surface area contributed by atoms with Gasteiger partial charge in [-0.05, 0) is 30.0 Å². The van der Waals surface area contributed by atoms with Gasteiger partial charge < -0.3 is 5.11 Å². The minimum Gasteiger partial charge on any atom is -0.396 e. The van der Waals surface area contributed by atoms with E-state index in [1.807, 2.05) is 20.8 Å². The van der Waals surface area contributed by atoms with Crippen LogP contribution in [0.3, 0.4) is 0 Å². The van der Waals surface area contributed by atoms with Crippen LogP contribution in [0.4, 0.5) is 4.39 Å². The molecule has 21 heavy (non-hydrogen) atoms. The lowest BCUT2D eigenvalue weighted by Crippen LogP contribution is -2.44. The Hall–Kier alpha value is -1.49. The van der Waals surface area contributed by atoms with Crippen LogP contribution in [-0.4, -0.2) is 26.2 Å². The van der Waals surface area contributed by atoms with Gasteiger partial charge in [-0.15, -0.1) is 0 Å². The average Bonchev–Trinajstić information content (AvgIpc) is 2.37. The number of nitrogens with one attached hydrogen (secondary N) is 1. The first kappa shape index (κ1) is 17.6. The topological polar surface area (TPSA) is 90.2 Å². The van der Waals surface area contributed by atoms with Gasteiger partial charge in [-0.1, -0.05) is 20.8 Å². The van der Waals surface area contributed by atoms with Gasteiger partial charge in [-0.2, -0.15) is 5.26 Å². The number of aliphatic hydroxyl groups is 1. The number of sulfonamides is 1. The molecular weight excluding hydrogens is 295 g/mol. The van der Waals surface area contributed by atoms with Crippen LogP contribution in [-0.2, 0) is 10.0 Å². The lowest BCUT2D eigenvalue weighted by Gasteiger charge is -2.30. The van der Waals surface area contributed by atoms with Crippen LogP contribution in [0.5, 0.6) is 0 Å². The maximum Gasteiger partial charge on any atom is 0.240 e. The summed E-state index contributed by atoms with van der Waals surface area (Å²) < 4.78 is 40.4. The summed E-state index contributed by atoms with van der Waals surface area (Å²) in [5.41, 5.74) is -0.721. The smallest absolute Gasteiger partial charge is 0.240 e. The third-order valence-electron chi connectivity index (χ3n) is 3.13. The van der Waals surface area contributed by atoms with Crippen LogP contribution in [0.2, 0.25) is 0 Å². The fourth-order valence-electron chi connectivity index (χ4n) is 1.81. The molecule has 0 spiro atoms. The van der Waals surface area contributed by atoms with Crippen LogP contribution in [0.1, 0.15) is 32.8 Å². The molecular formula is C14H19FN2O3S. The van der Waals surface area contributed by atoms with Crippen LogP contribution in [0.25, 0.3) is 0 Å². The third-order valence-corrected chi connectivity index (χ3v) is 4.60. The van der Waals surface area contributed by atoms with Crippen molar-refractivity contribution in [3.05, 3.63) is 29.6 Å². The second-order valence-corrected chi connectivity index (χ2v) is 7.52. The lowest BCUT2D eigenvalue weighted by molar-refractivity contribution is 0.214. The Morgan fingerprint density at radius 3 is 2.52 bits per heavy atom. The van der Waals surface area contributed by atoms with Crippen LogP contribution in [0.15, 0.2) is 23.1 Å². The van der Waals surface area contributed by atoms with Crippen LogP contribution >= 0.6 is 0 Å². The molecule has 0 saturated heterocycles. The monoisotopic (exact) mass is 314 g/mol. The largest absolute Gasteiger partial charge is 0.396 e. The van der Waals surface area contributed by atoms with Crippen molar-refractivity contribution in [3.8, 4) is 6.07 Å². The van der Waals surface area contributed by atoms with E-state index >= 15 is 0 Å². The van der Waals surface area contributed by atoms with Gasteiger partial charge in [0.25, 0.3) is 0 Å². The van der Waals surface area contributed by atoms with Crippen molar-refractivity contribution in [1.82, 2.24) is 4.72 Å². The molecule has 0 heterocycles. The molecule has 0 aromatic heterocycles. The zero-order chi connectivity index (χ0) is 16.3. The quantitative estimate of drug-likeness (QED) is 0.866. The Labute approximate surface area is 124 Å². The van der Waals surface area contributed by atoms with E-state index in [0.29, 0.717) is 0 Å². The molecule has 1 unspecified atom stereocenters. The zero-order valence-corrected chi connectivity index (χ0v) is 13.0. The molecule has 1 atom stereocenters. The van der Waals surface area contributed by atoms with Gasteiger partial charge in [0.15, 0.2) is 0 Å². The highest BCUT2D eigenvalue weighted by Gasteiger charge is 2.29. The fraction of sp³-hybridized carbons (Fsp3) is 0.500. The SMILES string of the molecule is CC(C)(C)C(CCO)NS(=O)(=O)c1ccc(F)c(C#N)c1. The molecule has 0 amide bonds. The molecule has 0 saturated carbocycles. The minimum absolute atomic E-state index is 0.155. The number of rotatable bonds is 5. The van der Waals surface area contributed by atoms with E-state index in [-0.39, 0.29) is 23.5 Å². The summed E-state index contributed by atoms with van der Waals surface area (Å²) in [6, 6.07) is 4.18. The lowest BCUT2D eigenvalue weighted by atomic mass is 9.86. The van der Waals surface area contributed by atoms with Gasteiger partial charge >= 0.3 is 0 Å². The summed E-state index contributed by atoms with van der Waals surface area (Å²) >= 11 is 0. The summed E-state index contributed by atoms with van der Waals surface area (Å²) in [7, 11) is -3.89. The number of benzene rings is 1. The maximum absolute atomic E-state index is 13.3. The first-order valence-electron chi connectivity index (χ1n) is 6.44. The van der Waals surface area contributed by atoms with Crippen molar-refractivity contribution in [2.45, 2.75) is 38.1 Å². The van der Waals surface area contributed by atoms with Gasteiger partial charge in [0.05, 0.1) is 10.5 Å². The first-order valence-corrected chi connectivity index (χ1v) is 7.93. The number of nitriles is 1. The molecule has 0 aliphatic heterocycles. The van der Waals surface area contributed by atoms with Crippen molar-refractivity contribution in [2.75, 3.05) is 6.61 Å². The molecule has 0 aliphatic carbocycles. The van der Waals surface area contributed by atoms with Crippen molar-refractivity contribution in [1.29, 1.82) is 5.26 Å². The van der Waals surface area contributed by atoms with Crippen LogP contribution < -0.4 is 4.72 Å². The number of halogens is 1. The fourth-order valence-corrected chi connectivity index (χ4v) is 3.31. The van der Waals surface area contributed by atoms with E-state index in [2.05, 4.69) is 4.72 Å². The molecule has 7 heteroatoms. The van der Waals surface area contributed by atoms with Crippen LogP contribution in [0, 0.1) is 22.6 Å². The highest BCUT2D eigenvalue weighted by atomic mass is 32.2. The third kappa shape index (κ3) is 4.49. The molecule has 116 valence electrons. The second kappa shape index (κ2) is 6.52. The normalized spacial score (nSPS) is 13.7. The summed E-state index contributed by atoms with van der Waals surface area (Å²) in [4.78, 5) is -0.173. The Morgan fingerprint density at radius 2 is 2.05 bits per heavy atom. The molecule has 1 aromatic rings. The van der Waals surface area contributed by atoms with Gasteiger partial charge in [0.1, 0.15) is 11.9 Å². The average molecular weight is 314 g/mol. The molecule has 0 aliphatic rings. The Kier molecular flexibility index (Phi) is 5.45. The molecule has 1 rings (SSSR count). The minimum atomic E-state index is -3.89. The van der Waals surface area contributed by atoms with Gasteiger partial charge in [-0.3, -0.25) is 0 Å². The summed E-state index contributed by atoms with van der Waals surface area (Å²) in [6.45, 7) is 5.39. The van der Waals surface area contributed by atoms with Gasteiger partial charge in [0.2, 0.25) is 10.0 Å². The maximum atomic E-state index is 13.3. The standard InChI is InChI=1S/C14H19FN2O3S/c1-14(2,3)13(6-7-18)17-21(19,20)11-4-5-12(15)10(8-11)9-16/h4-5,8,13,17-18H,6-7H2,1-3H3. The van der Waals surface area contributed by atoms with E-state index in [1.165, 1.54) is 0 Å². The van der Waals surface area contributed by atoms with E-state index in [9.17, 15) is 12.8 Å². The summed E-state index contributed by atoms with van der Waals surface area (Å²) in [6.07, 6.45) is 0.259. The molecule has 5 nitrogen and oxygen atoms in total. The highest BCUT2D eigenvalue weighted by molar-refractivity contribution is 7.89. The zero-order valence-electron chi connectivity index (χ0n) is 12.2. The van der Waals surface area contributed by atoms with E-state index < -0.39 is 27.3 Å². The predicted octanol–water partition coefficient (Wildman–Crippen LogP) is 1.77. The van der Waals surface area contributed by atoms with Crippen molar-refractivity contribution in [2.24, 2.45) is 5.41 Å². The predicted molar refractivity (Wildman–Crippen MR) is 76.4 cm³/mol. The Morgan fingerprint density at radius 1 is 1.43 bits per heavy atom. The molecule has 0 radical (unpaired) electrons. The second-order valence-electron chi connectivity index (χ2n) is 5.81. The molecule has 1 aromatic carbocycles. The summed E-state index contributed by atoms with van der Waals surface area (Å²) in [5.74, 6) is -0.765. The molecule has 2 N–H and O–H groups in total. The Balaban J connectivity index is 3.14. The van der Waals surface area contributed by atoms with Crippen molar-refractivity contribution < 1.29 is 17.9 Å². The van der Waals surface area contributed by atoms with E-state index in [0.717, 1.165) is 18.2 Å². The number of hydrogen-bond acceptors (Lipinski definition) is 4. The number of aliphatic hydroxyl groups excluding tert-OH is 1. The number of hydrogen-bond donors (Lipinski definition) is 2. The van der Waals surface area contributed by atoms with Crippen molar-refractivity contribution in [3.63, 3.8) is 0 Å². The van der Waals surface area contributed by atoms with E-state index in [1.54, 1.807) is 6.07 Å². The molecule has 0 bridgehead atoms. The molecule has 0 fully saturated rings.